The highest BCUT2D eigenvalue weighted by Crippen LogP contribution is 2.36. The first-order valence-electron chi connectivity index (χ1n) is 10.9. The summed E-state index contributed by atoms with van der Waals surface area (Å²) in [6, 6.07) is 17.2. The summed E-state index contributed by atoms with van der Waals surface area (Å²) in [7, 11) is 1.49. The van der Waals surface area contributed by atoms with E-state index in [1.165, 1.54) is 49.6 Å². The van der Waals surface area contributed by atoms with Gasteiger partial charge in [0.05, 0.1) is 19.3 Å². The van der Waals surface area contributed by atoms with Gasteiger partial charge in [-0.05, 0) is 47.5 Å². The van der Waals surface area contributed by atoms with Crippen LogP contribution < -0.4 is 9.47 Å². The minimum absolute atomic E-state index is 0.00664. The van der Waals surface area contributed by atoms with Crippen molar-refractivity contribution >= 4 is 5.97 Å². The second-order valence-corrected chi connectivity index (χ2v) is 8.09. The van der Waals surface area contributed by atoms with Crippen LogP contribution in [0.15, 0.2) is 72.8 Å². The van der Waals surface area contributed by atoms with Gasteiger partial charge < -0.3 is 14.2 Å². The SMILES string of the molecule is COc1ccc(-c2ccc(OC(=O)c3ccc(-c4ccc(C5CO5)c(F)c4F)cc3)c(F)c2F)cc1. The number of halogens is 4. The van der Waals surface area contributed by atoms with Crippen LogP contribution in [0.25, 0.3) is 22.3 Å². The summed E-state index contributed by atoms with van der Waals surface area (Å²) in [5.74, 6) is -5.44. The molecule has 0 saturated carbocycles. The number of carbonyl (C=O) groups is 1. The van der Waals surface area contributed by atoms with Crippen molar-refractivity contribution in [1.29, 1.82) is 0 Å². The first kappa shape index (κ1) is 23.6. The minimum atomic E-state index is -1.31. The van der Waals surface area contributed by atoms with E-state index in [-0.39, 0.29) is 22.3 Å². The summed E-state index contributed by atoms with van der Waals surface area (Å²) in [5, 5.41) is 0. The van der Waals surface area contributed by atoms with Gasteiger partial charge >= 0.3 is 5.97 Å². The van der Waals surface area contributed by atoms with E-state index in [9.17, 15) is 22.4 Å². The highest BCUT2D eigenvalue weighted by Gasteiger charge is 2.30. The van der Waals surface area contributed by atoms with Crippen LogP contribution in [0.4, 0.5) is 17.6 Å². The Morgan fingerprint density at radius 1 is 0.750 bits per heavy atom. The zero-order chi connectivity index (χ0) is 25.4. The number of epoxide rings is 1. The number of benzene rings is 4. The maximum atomic E-state index is 14.7. The van der Waals surface area contributed by atoms with Gasteiger partial charge in [-0.3, -0.25) is 0 Å². The number of hydrogen-bond acceptors (Lipinski definition) is 4. The molecule has 0 N–H and O–H groups in total. The summed E-state index contributed by atoms with van der Waals surface area (Å²) in [5.41, 5.74) is 0.923. The third-order valence-electron chi connectivity index (χ3n) is 5.87. The van der Waals surface area contributed by atoms with Gasteiger partial charge in [-0.15, -0.1) is 0 Å². The van der Waals surface area contributed by atoms with Crippen LogP contribution in [0.5, 0.6) is 11.5 Å². The maximum absolute atomic E-state index is 14.7. The zero-order valence-corrected chi connectivity index (χ0v) is 18.9. The van der Waals surface area contributed by atoms with Crippen molar-refractivity contribution in [3.8, 4) is 33.8 Å². The van der Waals surface area contributed by atoms with Gasteiger partial charge in [-0.2, -0.15) is 4.39 Å². The number of hydrogen-bond donors (Lipinski definition) is 0. The van der Waals surface area contributed by atoms with Gasteiger partial charge in [-0.1, -0.05) is 36.4 Å². The number of esters is 1. The molecule has 1 aliphatic heterocycles. The number of rotatable bonds is 6. The summed E-state index contributed by atoms with van der Waals surface area (Å²) in [4.78, 5) is 12.5. The Morgan fingerprint density at radius 2 is 1.31 bits per heavy atom. The van der Waals surface area contributed by atoms with Crippen LogP contribution in [0.2, 0.25) is 0 Å². The van der Waals surface area contributed by atoms with E-state index in [1.807, 2.05) is 0 Å². The number of methoxy groups -OCH3 is 1. The Labute approximate surface area is 203 Å². The molecule has 1 fully saturated rings. The molecule has 0 spiro atoms. The van der Waals surface area contributed by atoms with E-state index in [4.69, 9.17) is 14.2 Å². The van der Waals surface area contributed by atoms with E-state index in [0.717, 1.165) is 6.07 Å². The average molecular weight is 494 g/mol. The minimum Gasteiger partial charge on any atom is -0.497 e. The molecule has 1 unspecified atom stereocenters. The highest BCUT2D eigenvalue weighted by molar-refractivity contribution is 5.91. The van der Waals surface area contributed by atoms with E-state index in [0.29, 0.717) is 23.5 Å². The molecule has 1 aliphatic rings. The Bertz CT molecular complexity index is 1450. The monoisotopic (exact) mass is 494 g/mol. The van der Waals surface area contributed by atoms with Crippen molar-refractivity contribution in [3.05, 3.63) is 107 Å². The standard InChI is InChI=1S/C28H18F4O4/c1-34-18-8-6-16(7-9-18)20-12-13-22(27(32)25(20)30)36-28(33)17-4-2-15(3-5-17)19-10-11-21(23-14-35-23)26(31)24(19)29/h2-13,23H,14H2,1H3. The Hall–Kier alpha value is -4.17. The molecule has 1 atom stereocenters. The van der Waals surface area contributed by atoms with Crippen molar-refractivity contribution in [3.63, 3.8) is 0 Å². The lowest BCUT2D eigenvalue weighted by atomic mass is 10.0. The molecule has 0 amide bonds. The summed E-state index contributed by atoms with van der Waals surface area (Å²) in [6.07, 6.45) is -0.429. The molecular formula is C28H18F4O4. The fourth-order valence-corrected chi connectivity index (χ4v) is 3.81. The van der Waals surface area contributed by atoms with Crippen LogP contribution in [0.3, 0.4) is 0 Å². The second-order valence-electron chi connectivity index (χ2n) is 8.09. The predicted octanol–water partition coefficient (Wildman–Crippen LogP) is 6.88. The van der Waals surface area contributed by atoms with Crippen molar-refractivity contribution in [2.24, 2.45) is 0 Å². The maximum Gasteiger partial charge on any atom is 0.343 e. The molecule has 36 heavy (non-hydrogen) atoms. The summed E-state index contributed by atoms with van der Waals surface area (Å²) in [6.45, 7) is 0.348. The molecular weight excluding hydrogens is 476 g/mol. The van der Waals surface area contributed by atoms with Gasteiger partial charge in [0.2, 0.25) is 5.82 Å². The van der Waals surface area contributed by atoms with Crippen LogP contribution in [-0.4, -0.2) is 19.7 Å². The van der Waals surface area contributed by atoms with Crippen LogP contribution in [-0.2, 0) is 4.74 Å². The molecule has 1 saturated heterocycles. The topological polar surface area (TPSA) is 48.1 Å². The summed E-state index contributed by atoms with van der Waals surface area (Å²) < 4.78 is 73.4. The molecule has 1 heterocycles. The van der Waals surface area contributed by atoms with Crippen molar-refractivity contribution in [2.75, 3.05) is 13.7 Å². The van der Waals surface area contributed by atoms with Crippen molar-refractivity contribution < 1.29 is 36.6 Å². The van der Waals surface area contributed by atoms with Crippen molar-refractivity contribution in [2.45, 2.75) is 6.10 Å². The number of ether oxygens (including phenoxy) is 3. The number of carbonyl (C=O) groups excluding carboxylic acids is 1. The zero-order valence-electron chi connectivity index (χ0n) is 18.9. The quantitative estimate of drug-likeness (QED) is 0.127. The Balaban J connectivity index is 1.34. The molecule has 8 heteroatoms. The van der Waals surface area contributed by atoms with E-state index < -0.39 is 41.1 Å². The highest BCUT2D eigenvalue weighted by atomic mass is 19.2. The first-order chi connectivity index (χ1) is 17.4. The van der Waals surface area contributed by atoms with Gasteiger partial charge in [0.15, 0.2) is 23.2 Å². The Morgan fingerprint density at radius 3 is 1.89 bits per heavy atom. The molecule has 0 aliphatic carbocycles. The molecule has 0 radical (unpaired) electrons. The van der Waals surface area contributed by atoms with Crippen LogP contribution >= 0.6 is 0 Å². The van der Waals surface area contributed by atoms with E-state index >= 15 is 0 Å². The third-order valence-corrected chi connectivity index (χ3v) is 5.87. The van der Waals surface area contributed by atoms with Crippen LogP contribution in [0, 0.1) is 23.3 Å². The van der Waals surface area contributed by atoms with E-state index in [2.05, 4.69) is 0 Å². The normalized spacial score (nSPS) is 14.4. The van der Waals surface area contributed by atoms with Crippen molar-refractivity contribution in [1.82, 2.24) is 0 Å². The van der Waals surface area contributed by atoms with Crippen LogP contribution in [0.1, 0.15) is 22.0 Å². The van der Waals surface area contributed by atoms with Gasteiger partial charge in [0.1, 0.15) is 11.9 Å². The average Bonchev–Trinajstić information content (AvgIpc) is 3.74. The fraction of sp³-hybridized carbons (Fsp3) is 0.107. The predicted molar refractivity (Wildman–Crippen MR) is 124 cm³/mol. The third kappa shape index (κ3) is 4.43. The van der Waals surface area contributed by atoms with Gasteiger partial charge in [0.25, 0.3) is 0 Å². The fourth-order valence-electron chi connectivity index (χ4n) is 3.81. The second kappa shape index (κ2) is 9.47. The molecule has 182 valence electrons. The molecule has 5 rings (SSSR count). The molecule has 4 aromatic carbocycles. The molecule has 4 aromatic rings. The van der Waals surface area contributed by atoms with Gasteiger partial charge in [0, 0.05) is 16.7 Å². The first-order valence-corrected chi connectivity index (χ1v) is 10.9. The van der Waals surface area contributed by atoms with E-state index in [1.54, 1.807) is 24.3 Å². The lowest BCUT2D eigenvalue weighted by molar-refractivity contribution is 0.0726. The van der Waals surface area contributed by atoms with Gasteiger partial charge in [-0.25, -0.2) is 18.0 Å². The lowest BCUT2D eigenvalue weighted by Crippen LogP contribution is -2.10. The molecule has 0 aromatic heterocycles. The largest absolute Gasteiger partial charge is 0.497 e. The lowest BCUT2D eigenvalue weighted by Gasteiger charge is -2.11. The smallest absolute Gasteiger partial charge is 0.343 e. The molecule has 4 nitrogen and oxygen atoms in total. The summed E-state index contributed by atoms with van der Waals surface area (Å²) >= 11 is 0. The Kier molecular flexibility index (Phi) is 6.20. The molecule has 0 bridgehead atoms.